The van der Waals surface area contributed by atoms with E-state index in [2.05, 4.69) is 26.1 Å². The molecule has 1 fully saturated rings. The molecule has 1 aromatic rings. The molecule has 1 amide bonds. The lowest BCUT2D eigenvalue weighted by Gasteiger charge is -2.22. The highest BCUT2D eigenvalue weighted by atomic mass is 79.9. The molecule has 1 aliphatic heterocycles. The Morgan fingerprint density at radius 3 is 2.95 bits per heavy atom. The summed E-state index contributed by atoms with van der Waals surface area (Å²) in [6.45, 7) is 3.21. The third-order valence-corrected chi connectivity index (χ3v) is 3.87. The van der Waals surface area contributed by atoms with E-state index >= 15 is 0 Å². The molecule has 1 aliphatic rings. The van der Waals surface area contributed by atoms with Crippen molar-refractivity contribution >= 4 is 44.7 Å². The van der Waals surface area contributed by atoms with Crippen LogP contribution in [0.2, 0.25) is 0 Å². The zero-order chi connectivity index (χ0) is 14.0. The second-order valence-corrected chi connectivity index (χ2v) is 6.01. The molecule has 102 valence electrons. The number of hydrogen-bond acceptors (Lipinski definition) is 3. The minimum Gasteiger partial charge on any atom is -0.389 e. The van der Waals surface area contributed by atoms with E-state index in [1.165, 1.54) is 0 Å². The minimum absolute atomic E-state index is 0.00987. The smallest absolute Gasteiger partial charge is 0.217 e. The molecule has 0 spiro atoms. The summed E-state index contributed by atoms with van der Waals surface area (Å²) in [6.07, 6.45) is 0.933. The first-order valence-corrected chi connectivity index (χ1v) is 7.29. The summed E-state index contributed by atoms with van der Waals surface area (Å²) in [5, 5.41) is 2.95. The van der Waals surface area contributed by atoms with Gasteiger partial charge in [0.05, 0.1) is 0 Å². The Labute approximate surface area is 126 Å². The summed E-state index contributed by atoms with van der Waals surface area (Å²) in [7, 11) is 0. The number of amides is 1. The summed E-state index contributed by atoms with van der Waals surface area (Å²) in [5.41, 5.74) is 7.67. The van der Waals surface area contributed by atoms with Crippen molar-refractivity contribution in [2.75, 3.05) is 18.0 Å². The van der Waals surface area contributed by atoms with Crippen LogP contribution in [0.1, 0.15) is 18.9 Å². The number of nitrogens with two attached hydrogens (primary N) is 1. The predicted octanol–water partition coefficient (Wildman–Crippen LogP) is 1.80. The molecule has 3 N–H and O–H groups in total. The molecule has 1 heterocycles. The zero-order valence-electron chi connectivity index (χ0n) is 10.6. The van der Waals surface area contributed by atoms with Gasteiger partial charge < -0.3 is 16.0 Å². The molecule has 4 nitrogen and oxygen atoms in total. The van der Waals surface area contributed by atoms with Crippen molar-refractivity contribution in [2.45, 2.75) is 19.4 Å². The van der Waals surface area contributed by atoms with Crippen LogP contribution in [-0.2, 0) is 4.79 Å². The number of nitrogens with one attached hydrogen (secondary N) is 1. The van der Waals surface area contributed by atoms with Gasteiger partial charge in [-0.15, -0.1) is 0 Å². The van der Waals surface area contributed by atoms with E-state index in [0.717, 1.165) is 35.2 Å². The van der Waals surface area contributed by atoms with E-state index in [9.17, 15) is 4.79 Å². The summed E-state index contributed by atoms with van der Waals surface area (Å²) in [4.78, 5) is 13.7. The number of nitrogens with zero attached hydrogens (tertiary/aromatic N) is 1. The minimum atomic E-state index is 0.00987. The van der Waals surface area contributed by atoms with Crippen LogP contribution in [0.5, 0.6) is 0 Å². The number of halogens is 1. The number of hydrogen-bond donors (Lipinski definition) is 2. The number of carbonyl (C=O) groups is 1. The van der Waals surface area contributed by atoms with Gasteiger partial charge in [-0.05, 0) is 24.6 Å². The summed E-state index contributed by atoms with van der Waals surface area (Å²) in [5.74, 6) is 0.00987. The van der Waals surface area contributed by atoms with Crippen molar-refractivity contribution in [3.63, 3.8) is 0 Å². The summed E-state index contributed by atoms with van der Waals surface area (Å²) >= 11 is 8.56. The van der Waals surface area contributed by atoms with Gasteiger partial charge in [0.25, 0.3) is 0 Å². The van der Waals surface area contributed by atoms with E-state index in [1.807, 2.05) is 18.2 Å². The van der Waals surface area contributed by atoms with Gasteiger partial charge in [-0.25, -0.2) is 0 Å². The monoisotopic (exact) mass is 341 g/mol. The quantitative estimate of drug-likeness (QED) is 0.823. The first kappa shape index (κ1) is 14.3. The van der Waals surface area contributed by atoms with E-state index in [1.54, 1.807) is 6.92 Å². The third-order valence-electron chi connectivity index (χ3n) is 3.16. The lowest BCUT2D eigenvalue weighted by atomic mass is 10.1. The highest BCUT2D eigenvalue weighted by Crippen LogP contribution is 2.28. The molecule has 0 bridgehead atoms. The van der Waals surface area contributed by atoms with Gasteiger partial charge in [0.1, 0.15) is 4.99 Å². The molecular formula is C13H16BrN3OS. The van der Waals surface area contributed by atoms with Crippen molar-refractivity contribution in [1.29, 1.82) is 0 Å². The van der Waals surface area contributed by atoms with E-state index in [4.69, 9.17) is 18.0 Å². The average Bonchev–Trinajstić information content (AvgIpc) is 2.75. The van der Waals surface area contributed by atoms with Gasteiger partial charge in [-0.1, -0.05) is 28.1 Å². The molecule has 1 saturated heterocycles. The molecule has 0 radical (unpaired) electrons. The second kappa shape index (κ2) is 5.88. The number of carbonyl (C=O) groups excluding carboxylic acids is 1. The fourth-order valence-corrected chi connectivity index (χ4v) is 2.88. The Morgan fingerprint density at radius 1 is 1.58 bits per heavy atom. The average molecular weight is 342 g/mol. The highest BCUT2D eigenvalue weighted by molar-refractivity contribution is 9.10. The zero-order valence-corrected chi connectivity index (χ0v) is 13.1. The Bertz CT molecular complexity index is 521. The standard InChI is InChI=1S/C13H16BrN3OS/c1-8(18)16-10-4-5-17(7-10)12-6-9(14)2-3-11(12)13(15)19/h2-3,6,10H,4-5,7H2,1H3,(H2,15,19)(H,16,18). The van der Waals surface area contributed by atoms with Crippen molar-refractivity contribution in [1.82, 2.24) is 5.32 Å². The lowest BCUT2D eigenvalue weighted by molar-refractivity contribution is -0.119. The van der Waals surface area contributed by atoms with Crippen LogP contribution in [0.4, 0.5) is 5.69 Å². The SMILES string of the molecule is CC(=O)NC1CCN(c2cc(Br)ccc2C(N)=S)C1. The Kier molecular flexibility index (Phi) is 4.42. The topological polar surface area (TPSA) is 58.4 Å². The lowest BCUT2D eigenvalue weighted by Crippen LogP contribution is -2.35. The van der Waals surface area contributed by atoms with Crippen molar-refractivity contribution in [3.8, 4) is 0 Å². The predicted molar refractivity (Wildman–Crippen MR) is 84.5 cm³/mol. The maximum Gasteiger partial charge on any atom is 0.217 e. The molecule has 0 aliphatic carbocycles. The van der Waals surface area contributed by atoms with Crippen LogP contribution in [-0.4, -0.2) is 30.0 Å². The normalized spacial score (nSPS) is 18.4. The van der Waals surface area contributed by atoms with Crippen LogP contribution in [0.25, 0.3) is 0 Å². The van der Waals surface area contributed by atoms with Crippen LogP contribution in [0.15, 0.2) is 22.7 Å². The maximum atomic E-state index is 11.1. The van der Waals surface area contributed by atoms with Gasteiger partial charge >= 0.3 is 0 Å². The van der Waals surface area contributed by atoms with E-state index in [-0.39, 0.29) is 11.9 Å². The van der Waals surface area contributed by atoms with Crippen molar-refractivity contribution in [2.24, 2.45) is 5.73 Å². The second-order valence-electron chi connectivity index (χ2n) is 4.66. The first-order chi connectivity index (χ1) is 8.97. The van der Waals surface area contributed by atoms with Crippen molar-refractivity contribution in [3.05, 3.63) is 28.2 Å². The molecule has 6 heteroatoms. The number of rotatable bonds is 3. The molecule has 0 saturated carbocycles. The Hall–Kier alpha value is -1.14. The highest BCUT2D eigenvalue weighted by Gasteiger charge is 2.25. The van der Waals surface area contributed by atoms with Gasteiger partial charge in [0.2, 0.25) is 5.91 Å². The summed E-state index contributed by atoms with van der Waals surface area (Å²) < 4.78 is 0.991. The maximum absolute atomic E-state index is 11.1. The van der Waals surface area contributed by atoms with Gasteiger partial charge in [-0.3, -0.25) is 4.79 Å². The van der Waals surface area contributed by atoms with Crippen molar-refractivity contribution < 1.29 is 4.79 Å². The third kappa shape index (κ3) is 3.45. The Morgan fingerprint density at radius 2 is 2.32 bits per heavy atom. The van der Waals surface area contributed by atoms with Gasteiger partial charge in [0, 0.05) is 41.8 Å². The number of thiocarbonyl (C=S) groups is 1. The molecule has 1 aromatic carbocycles. The first-order valence-electron chi connectivity index (χ1n) is 6.09. The van der Waals surface area contributed by atoms with Crippen LogP contribution < -0.4 is 16.0 Å². The fourth-order valence-electron chi connectivity index (χ4n) is 2.36. The largest absolute Gasteiger partial charge is 0.389 e. The van der Waals surface area contributed by atoms with Crippen LogP contribution in [0.3, 0.4) is 0 Å². The molecule has 0 aromatic heterocycles. The van der Waals surface area contributed by atoms with Crippen LogP contribution in [0, 0.1) is 0 Å². The van der Waals surface area contributed by atoms with E-state index < -0.39 is 0 Å². The summed E-state index contributed by atoms with van der Waals surface area (Å²) in [6, 6.07) is 6.06. The number of benzene rings is 1. The van der Waals surface area contributed by atoms with Crippen LogP contribution >= 0.6 is 28.1 Å². The molecule has 1 atom stereocenters. The molecule has 19 heavy (non-hydrogen) atoms. The molecule has 2 rings (SSSR count). The number of anilines is 1. The van der Waals surface area contributed by atoms with E-state index in [0.29, 0.717) is 4.99 Å². The van der Waals surface area contributed by atoms with Gasteiger partial charge in [0.15, 0.2) is 0 Å². The fraction of sp³-hybridized carbons (Fsp3) is 0.385. The molecule has 1 unspecified atom stereocenters. The Balaban J connectivity index is 2.21. The molecular weight excluding hydrogens is 326 g/mol. The van der Waals surface area contributed by atoms with Gasteiger partial charge in [-0.2, -0.15) is 0 Å².